The second kappa shape index (κ2) is 38.7. The van der Waals surface area contributed by atoms with E-state index in [4.69, 9.17) is 89.7 Å². The first-order valence-electron chi connectivity index (χ1n) is 49.1. The molecule has 148 heavy (non-hydrogen) atoms. The van der Waals surface area contributed by atoms with Crippen LogP contribution in [0, 0.1) is 0 Å². The van der Waals surface area contributed by atoms with E-state index in [1.165, 1.54) is 72.3 Å². The van der Waals surface area contributed by atoms with Crippen molar-refractivity contribution < 1.29 is 0 Å². The molecular formula is C129H83N19. The molecule has 28 rings (SSSR count). The molecule has 25 aromatic rings. The third kappa shape index (κ3) is 17.4. The van der Waals surface area contributed by atoms with Gasteiger partial charge in [0.05, 0.1) is 11.0 Å². The van der Waals surface area contributed by atoms with E-state index >= 15 is 0 Å². The number of para-hydroxylation sites is 1. The summed E-state index contributed by atoms with van der Waals surface area (Å²) in [5, 5.41) is 2.30. The van der Waals surface area contributed by atoms with Crippen LogP contribution in [0.5, 0.6) is 0 Å². The second-order valence-electron chi connectivity index (χ2n) is 36.3. The number of rotatable bonds is 17. The summed E-state index contributed by atoms with van der Waals surface area (Å²) in [6, 6.07) is 159. The molecule has 0 atom stereocenters. The Labute approximate surface area is 852 Å². The molecule has 7 heterocycles. The molecule has 18 aromatic carbocycles. The molecule has 0 bridgehead atoms. The molecule has 7 aromatic heterocycles. The fourth-order valence-electron chi connectivity index (χ4n) is 19.9. The Hall–Kier alpha value is -20.2. The molecule has 19 heteroatoms. The van der Waals surface area contributed by atoms with E-state index in [2.05, 4.69) is 205 Å². The number of nitrogens with zero attached hydrogens (tertiary/aromatic N) is 19. The number of hydrogen-bond acceptors (Lipinski definition) is 18. The fraction of sp³-hybridized carbons (Fsp3) is 0.0233. The van der Waals surface area contributed by atoms with Crippen LogP contribution in [0.25, 0.3) is 244 Å². The molecule has 3 aliphatic rings. The molecule has 0 unspecified atom stereocenters. The molecule has 0 fully saturated rings. The number of benzene rings is 18. The maximum atomic E-state index is 5.17. The first-order valence-corrected chi connectivity index (χ1v) is 49.1. The second-order valence-corrected chi connectivity index (χ2v) is 36.3. The highest BCUT2D eigenvalue weighted by atomic mass is 15.2. The first-order chi connectivity index (χ1) is 73.3. The average molecular weight is 1900 g/mol. The Morgan fingerprint density at radius 3 is 0.791 bits per heavy atom. The van der Waals surface area contributed by atoms with Gasteiger partial charge < -0.3 is 0 Å². The highest BCUT2D eigenvalue weighted by molar-refractivity contribution is 6.11. The Balaban J connectivity index is 0.000000112. The lowest BCUT2D eigenvalue weighted by Crippen LogP contribution is -2.09. The molecule has 0 amide bonds. The summed E-state index contributed by atoms with van der Waals surface area (Å²) in [4.78, 5) is 89.8. The van der Waals surface area contributed by atoms with Gasteiger partial charge >= 0.3 is 0 Å². The van der Waals surface area contributed by atoms with E-state index < -0.39 is 0 Å². The van der Waals surface area contributed by atoms with Gasteiger partial charge in [0.2, 0.25) is 40.9 Å². The Kier molecular flexibility index (Phi) is 23.0. The summed E-state index contributed by atoms with van der Waals surface area (Å²) < 4.78 is 2.15. The topological polar surface area (TPSA) is 237 Å². The normalized spacial score (nSPS) is 11.7. The number of hydrogen-bond donors (Lipinski definition) is 0. The number of fused-ring (bicyclic) bond motifs is 12. The average Bonchev–Trinajstić information content (AvgIpc) is 1.57. The van der Waals surface area contributed by atoms with Crippen LogP contribution in [0.1, 0.15) is 33.4 Å². The zero-order valence-corrected chi connectivity index (χ0v) is 79.6. The van der Waals surface area contributed by atoms with Gasteiger partial charge in [-0.2, -0.15) is 9.97 Å². The summed E-state index contributed by atoms with van der Waals surface area (Å²) in [5.41, 5.74) is 31.9. The largest absolute Gasteiger partial charge is 0.278 e. The van der Waals surface area contributed by atoms with Crippen molar-refractivity contribution in [2.75, 3.05) is 0 Å². The van der Waals surface area contributed by atoms with Gasteiger partial charge in [-0.1, -0.05) is 443 Å². The third-order valence-corrected chi connectivity index (χ3v) is 27.1. The Bertz CT molecular complexity index is 9230. The van der Waals surface area contributed by atoms with Crippen molar-refractivity contribution in [3.05, 3.63) is 500 Å². The molecule has 0 aliphatic heterocycles. The van der Waals surface area contributed by atoms with Gasteiger partial charge in [-0.25, -0.2) is 79.7 Å². The molecule has 694 valence electrons. The predicted molar refractivity (Wildman–Crippen MR) is 586 cm³/mol. The van der Waals surface area contributed by atoms with E-state index in [9.17, 15) is 0 Å². The summed E-state index contributed by atoms with van der Waals surface area (Å²) in [6.45, 7) is 0. The van der Waals surface area contributed by atoms with Gasteiger partial charge in [0.1, 0.15) is 0 Å². The number of aromatic nitrogens is 19. The summed E-state index contributed by atoms with van der Waals surface area (Å²) in [6.07, 6.45) is 2.64. The van der Waals surface area contributed by atoms with Crippen molar-refractivity contribution in [1.29, 1.82) is 0 Å². The molecule has 19 nitrogen and oxygen atoms in total. The Morgan fingerprint density at radius 2 is 0.378 bits per heavy atom. The fourth-order valence-corrected chi connectivity index (χ4v) is 19.9. The van der Waals surface area contributed by atoms with Crippen LogP contribution in [-0.2, 0) is 19.3 Å². The Morgan fingerprint density at radius 1 is 0.128 bits per heavy atom. The predicted octanol–water partition coefficient (Wildman–Crippen LogP) is 28.7. The maximum absolute atomic E-state index is 5.17. The lowest BCUT2D eigenvalue weighted by Gasteiger charge is -2.12. The van der Waals surface area contributed by atoms with E-state index in [0.717, 1.165) is 119 Å². The minimum Gasteiger partial charge on any atom is -0.278 e. The van der Waals surface area contributed by atoms with Gasteiger partial charge in [0.15, 0.2) is 64.1 Å². The van der Waals surface area contributed by atoms with E-state index in [1.54, 1.807) is 0 Å². The van der Waals surface area contributed by atoms with Gasteiger partial charge in [-0.3, -0.25) is 4.57 Å². The zero-order chi connectivity index (χ0) is 98.2. The van der Waals surface area contributed by atoms with Crippen LogP contribution in [0.2, 0.25) is 0 Å². The molecular weight excluding hydrogens is 1820 g/mol. The van der Waals surface area contributed by atoms with Crippen molar-refractivity contribution in [1.82, 2.24) is 94.3 Å². The minimum atomic E-state index is 0.364. The molecule has 3 aliphatic carbocycles. The first kappa shape index (κ1) is 88.0. The minimum absolute atomic E-state index is 0.364. The van der Waals surface area contributed by atoms with Gasteiger partial charge in [0, 0.05) is 72.0 Å². The quantitative estimate of drug-likeness (QED) is 0.0823. The van der Waals surface area contributed by atoms with Crippen molar-refractivity contribution >= 4 is 21.8 Å². The lowest BCUT2D eigenvalue weighted by molar-refractivity contribution is 0.934. The lowest BCUT2D eigenvalue weighted by atomic mass is 9.94. The monoisotopic (exact) mass is 1900 g/mol. The summed E-state index contributed by atoms with van der Waals surface area (Å²) in [5.74, 6) is 8.81. The van der Waals surface area contributed by atoms with E-state index in [1.807, 2.05) is 267 Å². The van der Waals surface area contributed by atoms with Crippen LogP contribution < -0.4 is 0 Å². The van der Waals surface area contributed by atoms with Crippen molar-refractivity contribution in [2.24, 2.45) is 0 Å². The van der Waals surface area contributed by atoms with Gasteiger partial charge in [-0.15, -0.1) is 0 Å². The maximum Gasteiger partial charge on any atom is 0.238 e. The standard InChI is InChI=1S/C43H27N7.2C43H28N6/c1-4-14-27(15-5-1)38-44-39(28-16-6-2-7-17-28)46-41(45-38)42-47-40(29-18-8-3-9-19-29)48-43(49-42)50-36-23-13-12-22-33(36)35-25-31-24-30-20-10-11-21-32(30)34(31)26-37(35)50;1-4-14-28(15-5-1)38-44-39(29-16-6-2-7-17-29)47-42(46-38)43-48-40(30-18-8-3-9-19-30)45-41(49-43)33-22-12-21-31(26-33)35-24-13-25-36-34-23-11-10-20-32(34)27-37(35)36;1-4-13-28(14-5-1)29-23-25-32(26-24-29)40-44-38(30-15-6-2-7-16-30)46-42(48-40)43-47-39(31-17-8-3-9-18-31)45-41(49-43)36-22-12-21-35-34-20-11-10-19-33(34)27-37(35)36/h1-23,25-26H,24H2;2*1-26H,27H2. The van der Waals surface area contributed by atoms with Crippen LogP contribution >= 0.6 is 0 Å². The van der Waals surface area contributed by atoms with Gasteiger partial charge in [-0.05, 0) is 133 Å². The molecule has 0 spiro atoms. The molecule has 0 radical (unpaired) electrons. The highest BCUT2D eigenvalue weighted by Gasteiger charge is 2.30. The van der Waals surface area contributed by atoms with Crippen LogP contribution in [-0.4, -0.2) is 94.3 Å². The zero-order valence-electron chi connectivity index (χ0n) is 79.6. The van der Waals surface area contributed by atoms with Crippen LogP contribution in [0.3, 0.4) is 0 Å². The highest BCUT2D eigenvalue weighted by Crippen LogP contribution is 2.47. The third-order valence-electron chi connectivity index (χ3n) is 27.1. The van der Waals surface area contributed by atoms with Gasteiger partial charge in [0.25, 0.3) is 0 Å². The molecule has 0 N–H and O–H groups in total. The van der Waals surface area contributed by atoms with Crippen molar-refractivity contribution in [3.8, 4) is 222 Å². The molecule has 0 saturated heterocycles. The van der Waals surface area contributed by atoms with Crippen LogP contribution in [0.15, 0.2) is 467 Å². The summed E-state index contributed by atoms with van der Waals surface area (Å²) >= 11 is 0. The SMILES string of the molecule is c1ccc(-c2ccc(-c3nc(-c4ccccc4)nc(-c4nc(-c5ccccc5)nc(-c5cccc6c5Cc5ccccc5-6)n4)n3)cc2)cc1.c1ccc(-c2nc(-c3ccccc3)nc(-c3nc(-c4ccccc4)nc(-c4cccc(-c5cccc6c5Cc5ccccc5-6)c4)n3)n2)cc1.c1ccc(-c2nc(-c3ccccc3)nc(-c3nc(-c4ccccc4)nc(-n4c5ccccc5c5cc6c(cc54)-c4ccccc4C6)n3)n2)cc1. The van der Waals surface area contributed by atoms with E-state index in [0.29, 0.717) is 105 Å². The molecule has 0 saturated carbocycles. The van der Waals surface area contributed by atoms with Crippen molar-refractivity contribution in [2.45, 2.75) is 19.3 Å². The van der Waals surface area contributed by atoms with Crippen molar-refractivity contribution in [3.63, 3.8) is 0 Å². The van der Waals surface area contributed by atoms with Crippen LogP contribution in [0.4, 0.5) is 0 Å². The summed E-state index contributed by atoms with van der Waals surface area (Å²) in [7, 11) is 0. The smallest absolute Gasteiger partial charge is 0.238 e. The van der Waals surface area contributed by atoms with E-state index in [-0.39, 0.29) is 0 Å².